The number of aryl methyl sites for hydroxylation is 1. The highest BCUT2D eigenvalue weighted by Crippen LogP contribution is 2.24. The van der Waals surface area contributed by atoms with Gasteiger partial charge < -0.3 is 4.90 Å². The zero-order valence-electron chi connectivity index (χ0n) is 13.7. The van der Waals surface area contributed by atoms with E-state index in [0.29, 0.717) is 5.02 Å². The van der Waals surface area contributed by atoms with Gasteiger partial charge in [0.05, 0.1) is 4.90 Å². The molecule has 24 heavy (non-hydrogen) atoms. The Morgan fingerprint density at radius 2 is 1.54 bits per heavy atom. The van der Waals surface area contributed by atoms with Gasteiger partial charge in [-0.3, -0.25) is 4.79 Å². The van der Waals surface area contributed by atoms with Gasteiger partial charge in [-0.15, -0.1) is 0 Å². The van der Waals surface area contributed by atoms with Gasteiger partial charge in [-0.1, -0.05) is 29.3 Å². The molecule has 2 aromatic carbocycles. The van der Waals surface area contributed by atoms with Crippen molar-refractivity contribution >= 4 is 27.2 Å². The zero-order chi connectivity index (χ0) is 17.9. The Morgan fingerprint density at radius 3 is 2.04 bits per heavy atom. The lowest BCUT2D eigenvalue weighted by Gasteiger charge is -2.13. The first-order valence-corrected chi connectivity index (χ1v) is 9.08. The highest BCUT2D eigenvalue weighted by atomic mass is 35.5. The molecular formula is C18H18ClNO3S. The number of sulfone groups is 1. The average molecular weight is 364 g/mol. The number of ketones is 1. The zero-order valence-corrected chi connectivity index (χ0v) is 15.2. The number of Topliss-reactive ketones (excluding diaryl/α,β-unsaturated/α-hetero) is 1. The molecule has 0 atom stereocenters. The highest BCUT2D eigenvalue weighted by molar-refractivity contribution is 7.96. The quantitative estimate of drug-likeness (QED) is 0.600. The molecule has 0 saturated carbocycles. The molecule has 4 nitrogen and oxygen atoms in total. The molecule has 0 amide bonds. The lowest BCUT2D eigenvalue weighted by Crippen LogP contribution is -2.18. The van der Waals surface area contributed by atoms with Crippen LogP contribution in [0.4, 0.5) is 0 Å². The van der Waals surface area contributed by atoms with Gasteiger partial charge in [0.2, 0.25) is 15.6 Å². The van der Waals surface area contributed by atoms with Crippen LogP contribution in [-0.4, -0.2) is 33.2 Å². The maximum absolute atomic E-state index is 12.9. The van der Waals surface area contributed by atoms with E-state index in [2.05, 4.69) is 0 Å². The van der Waals surface area contributed by atoms with Crippen molar-refractivity contribution in [3.8, 4) is 0 Å². The molecule has 126 valence electrons. The van der Waals surface area contributed by atoms with Gasteiger partial charge in [-0.25, -0.2) is 8.42 Å². The number of carbonyl (C=O) groups is 1. The Kier molecular flexibility index (Phi) is 5.47. The molecule has 2 rings (SSSR count). The summed E-state index contributed by atoms with van der Waals surface area (Å²) in [5, 5.41) is 0.478. The van der Waals surface area contributed by atoms with E-state index in [1.165, 1.54) is 35.4 Å². The van der Waals surface area contributed by atoms with Crippen LogP contribution in [0.25, 0.3) is 0 Å². The van der Waals surface area contributed by atoms with Gasteiger partial charge in [-0.05, 0) is 43.3 Å². The molecule has 0 heterocycles. The van der Waals surface area contributed by atoms with Gasteiger partial charge in [0.1, 0.15) is 4.91 Å². The second-order valence-electron chi connectivity index (χ2n) is 5.61. The number of hydrogen-bond donors (Lipinski definition) is 0. The Hall–Kier alpha value is -2.11. The Morgan fingerprint density at radius 1 is 1.00 bits per heavy atom. The normalized spacial score (nSPS) is 12.1. The number of halogens is 1. The van der Waals surface area contributed by atoms with Crippen LogP contribution in [0.5, 0.6) is 0 Å². The lowest BCUT2D eigenvalue weighted by atomic mass is 10.1. The minimum absolute atomic E-state index is 0.0866. The molecular weight excluding hydrogens is 346 g/mol. The monoisotopic (exact) mass is 363 g/mol. The predicted octanol–water partition coefficient (Wildman–Crippen LogP) is 3.71. The molecule has 0 unspecified atom stereocenters. The first kappa shape index (κ1) is 18.2. The predicted molar refractivity (Wildman–Crippen MR) is 95.9 cm³/mol. The minimum atomic E-state index is -3.93. The fraction of sp³-hybridized carbons (Fsp3) is 0.167. The number of nitrogens with zero attached hydrogens (tertiary/aromatic N) is 1. The van der Waals surface area contributed by atoms with E-state index in [1.54, 1.807) is 38.4 Å². The van der Waals surface area contributed by atoms with Gasteiger partial charge in [0.25, 0.3) is 0 Å². The van der Waals surface area contributed by atoms with E-state index >= 15 is 0 Å². The number of benzene rings is 2. The first-order chi connectivity index (χ1) is 11.2. The minimum Gasteiger partial charge on any atom is -0.382 e. The van der Waals surface area contributed by atoms with Crippen molar-refractivity contribution in [1.82, 2.24) is 4.90 Å². The Balaban J connectivity index is 2.54. The fourth-order valence-corrected chi connectivity index (χ4v) is 3.66. The maximum Gasteiger partial charge on any atom is 0.211 e. The summed E-state index contributed by atoms with van der Waals surface area (Å²) in [6.07, 6.45) is 1.33. The van der Waals surface area contributed by atoms with Crippen LogP contribution < -0.4 is 0 Å². The van der Waals surface area contributed by atoms with Crippen molar-refractivity contribution in [2.75, 3.05) is 14.1 Å². The maximum atomic E-state index is 12.9. The smallest absolute Gasteiger partial charge is 0.211 e. The molecule has 0 radical (unpaired) electrons. The Labute approximate surface area is 147 Å². The van der Waals surface area contributed by atoms with E-state index in [-0.39, 0.29) is 15.4 Å². The lowest BCUT2D eigenvalue weighted by molar-refractivity contribution is 0.104. The van der Waals surface area contributed by atoms with Crippen molar-refractivity contribution < 1.29 is 13.2 Å². The number of allylic oxidation sites excluding steroid dienone is 1. The summed E-state index contributed by atoms with van der Waals surface area (Å²) in [5.41, 5.74) is 1.21. The summed E-state index contributed by atoms with van der Waals surface area (Å²) >= 11 is 5.83. The SMILES string of the molecule is Cc1ccc(S(=O)(=O)/C(=C\N(C)C)C(=O)c2ccc(Cl)cc2)cc1. The van der Waals surface area contributed by atoms with Gasteiger partial charge >= 0.3 is 0 Å². The third kappa shape index (κ3) is 4.04. The van der Waals surface area contributed by atoms with Crippen molar-refractivity contribution in [3.05, 3.63) is 75.8 Å². The third-order valence-electron chi connectivity index (χ3n) is 3.33. The molecule has 0 aromatic heterocycles. The van der Waals surface area contributed by atoms with Crippen LogP contribution >= 0.6 is 11.6 Å². The van der Waals surface area contributed by atoms with Crippen LogP contribution in [-0.2, 0) is 9.84 Å². The molecule has 0 aliphatic heterocycles. The number of hydrogen-bond acceptors (Lipinski definition) is 4. The number of rotatable bonds is 5. The molecule has 0 N–H and O–H groups in total. The van der Waals surface area contributed by atoms with Gasteiger partial charge in [0.15, 0.2) is 0 Å². The van der Waals surface area contributed by atoms with E-state index < -0.39 is 15.6 Å². The highest BCUT2D eigenvalue weighted by Gasteiger charge is 2.28. The molecule has 0 aliphatic rings. The van der Waals surface area contributed by atoms with E-state index in [1.807, 2.05) is 6.92 Å². The summed E-state index contributed by atoms with van der Waals surface area (Å²) in [7, 11) is -0.601. The molecule has 0 aliphatic carbocycles. The van der Waals surface area contributed by atoms with Crippen LogP contribution in [0.1, 0.15) is 15.9 Å². The largest absolute Gasteiger partial charge is 0.382 e. The van der Waals surface area contributed by atoms with Crippen LogP contribution in [0.3, 0.4) is 0 Å². The molecule has 6 heteroatoms. The standard InChI is InChI=1S/C18H18ClNO3S/c1-13-4-10-16(11-5-13)24(22,23)17(12-20(2)3)18(21)14-6-8-15(19)9-7-14/h4-12H,1-3H3/b17-12-. The molecule has 0 bridgehead atoms. The Bertz CT molecular complexity index is 867. The summed E-state index contributed by atoms with van der Waals surface area (Å²) in [5.74, 6) is -0.569. The molecule has 0 spiro atoms. The van der Waals surface area contributed by atoms with Crippen LogP contribution in [0.15, 0.2) is 64.5 Å². The topological polar surface area (TPSA) is 54.5 Å². The summed E-state index contributed by atoms with van der Waals surface area (Å²) in [6.45, 7) is 1.87. The second-order valence-corrected chi connectivity index (χ2v) is 7.96. The van der Waals surface area contributed by atoms with Gasteiger partial charge in [0, 0.05) is 30.9 Å². The van der Waals surface area contributed by atoms with Crippen LogP contribution in [0, 0.1) is 6.92 Å². The summed E-state index contributed by atoms with van der Waals surface area (Å²) in [6, 6.07) is 12.5. The van der Waals surface area contributed by atoms with Gasteiger partial charge in [-0.2, -0.15) is 0 Å². The van der Waals surface area contributed by atoms with E-state index in [4.69, 9.17) is 11.6 Å². The summed E-state index contributed by atoms with van der Waals surface area (Å²) in [4.78, 5) is 14.1. The average Bonchev–Trinajstić information content (AvgIpc) is 2.53. The van der Waals surface area contributed by atoms with E-state index in [9.17, 15) is 13.2 Å². The molecule has 0 saturated heterocycles. The second kappa shape index (κ2) is 7.20. The van der Waals surface area contributed by atoms with Crippen molar-refractivity contribution in [2.45, 2.75) is 11.8 Å². The van der Waals surface area contributed by atoms with Crippen molar-refractivity contribution in [1.29, 1.82) is 0 Å². The number of carbonyl (C=O) groups excluding carboxylic acids is 1. The van der Waals surface area contributed by atoms with E-state index in [0.717, 1.165) is 5.56 Å². The fourth-order valence-electron chi connectivity index (χ4n) is 2.07. The van der Waals surface area contributed by atoms with Crippen LogP contribution in [0.2, 0.25) is 5.02 Å². The van der Waals surface area contributed by atoms with Crippen molar-refractivity contribution in [2.24, 2.45) is 0 Å². The molecule has 2 aromatic rings. The molecule has 0 fully saturated rings. The first-order valence-electron chi connectivity index (χ1n) is 7.22. The van der Waals surface area contributed by atoms with Crippen molar-refractivity contribution in [3.63, 3.8) is 0 Å². The third-order valence-corrected chi connectivity index (χ3v) is 5.34. The summed E-state index contributed by atoms with van der Waals surface area (Å²) < 4.78 is 25.8.